The highest BCUT2D eigenvalue weighted by atomic mass is 32.1. The lowest BCUT2D eigenvalue weighted by Gasteiger charge is -2.31. The van der Waals surface area contributed by atoms with Crippen LogP contribution in [0.3, 0.4) is 0 Å². The largest absolute Gasteiger partial charge is 0.455 e. The van der Waals surface area contributed by atoms with Gasteiger partial charge in [-0.05, 0) is 44.2 Å². The first-order chi connectivity index (χ1) is 13.2. The number of likely N-dealkylation sites (tertiary alicyclic amines) is 1. The number of allylic oxidation sites excluding steroid dienone is 2. The van der Waals surface area contributed by atoms with Gasteiger partial charge in [-0.25, -0.2) is 4.98 Å². The molecule has 1 fully saturated rings. The SMILES string of the molecule is O=C(OCC(=O)N1CCC[C@H](c2nc3ccccc3s2)C1)[C@H]1CC=CCC1. The number of benzene rings is 1. The van der Waals surface area contributed by atoms with Crippen molar-refractivity contribution in [3.05, 3.63) is 41.4 Å². The first-order valence-electron chi connectivity index (χ1n) is 9.65. The van der Waals surface area contributed by atoms with E-state index in [1.165, 1.54) is 4.70 Å². The number of nitrogens with zero attached hydrogens (tertiary/aromatic N) is 2. The van der Waals surface area contributed by atoms with Crippen LogP contribution in [0.2, 0.25) is 0 Å². The molecule has 1 aliphatic heterocycles. The van der Waals surface area contributed by atoms with Crippen LogP contribution in [0.15, 0.2) is 36.4 Å². The molecule has 2 atom stereocenters. The summed E-state index contributed by atoms with van der Waals surface area (Å²) in [6.45, 7) is 1.23. The molecule has 0 unspecified atom stereocenters. The molecule has 0 saturated carbocycles. The van der Waals surface area contributed by atoms with E-state index in [-0.39, 0.29) is 30.3 Å². The molecule has 142 valence electrons. The number of hydrogen-bond donors (Lipinski definition) is 0. The average Bonchev–Trinajstić information content (AvgIpc) is 3.17. The molecule has 1 aliphatic carbocycles. The first-order valence-corrected chi connectivity index (χ1v) is 10.5. The van der Waals surface area contributed by atoms with Crippen LogP contribution in [0, 0.1) is 5.92 Å². The number of fused-ring (bicyclic) bond motifs is 1. The monoisotopic (exact) mass is 384 g/mol. The Bertz CT molecular complexity index is 827. The van der Waals surface area contributed by atoms with Crippen LogP contribution in [-0.4, -0.2) is 41.5 Å². The highest BCUT2D eigenvalue weighted by molar-refractivity contribution is 7.18. The summed E-state index contributed by atoms with van der Waals surface area (Å²) < 4.78 is 6.49. The van der Waals surface area contributed by atoms with Gasteiger partial charge in [0, 0.05) is 19.0 Å². The number of aromatic nitrogens is 1. The fraction of sp³-hybridized carbons (Fsp3) is 0.476. The summed E-state index contributed by atoms with van der Waals surface area (Å²) in [6, 6.07) is 8.14. The highest BCUT2D eigenvalue weighted by Gasteiger charge is 2.28. The van der Waals surface area contributed by atoms with Crippen LogP contribution >= 0.6 is 11.3 Å². The number of esters is 1. The van der Waals surface area contributed by atoms with Gasteiger partial charge < -0.3 is 9.64 Å². The molecule has 2 heterocycles. The molecule has 2 aliphatic rings. The second-order valence-corrected chi connectivity index (χ2v) is 8.35. The average molecular weight is 385 g/mol. The smallest absolute Gasteiger partial charge is 0.309 e. The summed E-state index contributed by atoms with van der Waals surface area (Å²) in [5, 5.41) is 1.10. The van der Waals surface area contributed by atoms with Crippen LogP contribution in [0.1, 0.15) is 43.0 Å². The summed E-state index contributed by atoms with van der Waals surface area (Å²) in [7, 11) is 0. The summed E-state index contributed by atoms with van der Waals surface area (Å²) in [5.41, 5.74) is 1.02. The number of carbonyl (C=O) groups is 2. The molecule has 1 saturated heterocycles. The molecule has 2 aromatic rings. The minimum Gasteiger partial charge on any atom is -0.455 e. The number of thiazole rings is 1. The number of piperidine rings is 1. The zero-order valence-electron chi connectivity index (χ0n) is 15.3. The zero-order valence-corrected chi connectivity index (χ0v) is 16.1. The fourth-order valence-electron chi connectivity index (χ4n) is 3.82. The van der Waals surface area contributed by atoms with Crippen LogP contribution in [0.4, 0.5) is 0 Å². The zero-order chi connectivity index (χ0) is 18.6. The maximum Gasteiger partial charge on any atom is 0.309 e. The Morgan fingerprint density at radius 1 is 1.22 bits per heavy atom. The third-order valence-corrected chi connectivity index (χ3v) is 6.57. The number of carbonyl (C=O) groups excluding carboxylic acids is 2. The molecule has 4 rings (SSSR count). The van der Waals surface area contributed by atoms with Gasteiger partial charge in [-0.2, -0.15) is 0 Å². The number of rotatable bonds is 4. The minimum atomic E-state index is -0.243. The fourth-order valence-corrected chi connectivity index (χ4v) is 4.91. The lowest BCUT2D eigenvalue weighted by molar-refractivity contribution is -0.156. The van der Waals surface area contributed by atoms with Crippen molar-refractivity contribution in [3.8, 4) is 0 Å². The number of para-hydroxylation sites is 1. The predicted octanol–water partition coefficient (Wildman–Crippen LogP) is 3.90. The number of amides is 1. The van der Waals surface area contributed by atoms with Gasteiger partial charge in [0.05, 0.1) is 21.1 Å². The van der Waals surface area contributed by atoms with E-state index in [9.17, 15) is 9.59 Å². The summed E-state index contributed by atoms with van der Waals surface area (Å²) >= 11 is 1.71. The van der Waals surface area contributed by atoms with Gasteiger partial charge in [0.2, 0.25) is 0 Å². The predicted molar refractivity (Wildman–Crippen MR) is 106 cm³/mol. The van der Waals surface area contributed by atoms with Crippen molar-refractivity contribution in [3.63, 3.8) is 0 Å². The maximum absolute atomic E-state index is 12.6. The molecule has 0 radical (unpaired) electrons. The normalized spacial score (nSPS) is 22.7. The Hall–Kier alpha value is -2.21. The van der Waals surface area contributed by atoms with E-state index in [4.69, 9.17) is 9.72 Å². The number of hydrogen-bond acceptors (Lipinski definition) is 5. The van der Waals surface area contributed by atoms with E-state index in [0.29, 0.717) is 6.54 Å². The van der Waals surface area contributed by atoms with Crippen molar-refractivity contribution in [2.45, 2.75) is 38.0 Å². The van der Waals surface area contributed by atoms with Gasteiger partial charge in [-0.3, -0.25) is 9.59 Å². The quantitative estimate of drug-likeness (QED) is 0.592. The van der Waals surface area contributed by atoms with E-state index in [1.807, 2.05) is 29.2 Å². The Morgan fingerprint density at radius 3 is 2.93 bits per heavy atom. The van der Waals surface area contributed by atoms with E-state index in [2.05, 4.69) is 12.1 Å². The second kappa shape index (κ2) is 8.21. The first kappa shape index (κ1) is 18.2. The summed E-state index contributed by atoms with van der Waals surface area (Å²) in [5.74, 6) is -0.174. The van der Waals surface area contributed by atoms with Gasteiger partial charge in [0.25, 0.3) is 5.91 Å². The van der Waals surface area contributed by atoms with E-state index < -0.39 is 0 Å². The topological polar surface area (TPSA) is 59.5 Å². The van der Waals surface area contributed by atoms with Crippen LogP contribution in [-0.2, 0) is 14.3 Å². The third-order valence-electron chi connectivity index (χ3n) is 5.37. The highest BCUT2D eigenvalue weighted by Crippen LogP contribution is 2.33. The molecule has 1 aromatic heterocycles. The molecule has 0 N–H and O–H groups in total. The Balaban J connectivity index is 1.34. The van der Waals surface area contributed by atoms with E-state index in [0.717, 1.165) is 49.2 Å². The second-order valence-electron chi connectivity index (χ2n) is 7.29. The lowest BCUT2D eigenvalue weighted by atomic mass is 9.95. The van der Waals surface area contributed by atoms with Gasteiger partial charge >= 0.3 is 5.97 Å². The molecule has 1 aromatic carbocycles. The van der Waals surface area contributed by atoms with Gasteiger partial charge in [0.15, 0.2) is 6.61 Å². The molecule has 27 heavy (non-hydrogen) atoms. The molecule has 0 bridgehead atoms. The molecular weight excluding hydrogens is 360 g/mol. The third kappa shape index (κ3) is 4.21. The van der Waals surface area contributed by atoms with Crippen molar-refractivity contribution < 1.29 is 14.3 Å². The Kier molecular flexibility index (Phi) is 5.53. The molecule has 1 amide bonds. The summed E-state index contributed by atoms with van der Waals surface area (Å²) in [6.07, 6.45) is 8.54. The lowest BCUT2D eigenvalue weighted by Crippen LogP contribution is -2.41. The molecule has 6 heteroatoms. The Labute approximate surface area is 163 Å². The molecule has 0 spiro atoms. The van der Waals surface area contributed by atoms with Crippen molar-refractivity contribution in [1.29, 1.82) is 0 Å². The molecule has 5 nitrogen and oxygen atoms in total. The van der Waals surface area contributed by atoms with E-state index in [1.54, 1.807) is 11.3 Å². The minimum absolute atomic E-state index is 0.0967. The van der Waals surface area contributed by atoms with E-state index >= 15 is 0 Å². The van der Waals surface area contributed by atoms with Gasteiger partial charge in [-0.15, -0.1) is 11.3 Å². The standard InChI is InChI=1S/C21H24N2O3S/c24-19(14-26-21(25)15-7-2-1-3-8-15)23-12-6-9-16(13-23)20-22-17-10-4-5-11-18(17)27-20/h1-2,4-5,10-11,15-16H,3,6-9,12-14H2/t15-,16-/m0/s1. The van der Waals surface area contributed by atoms with Crippen LogP contribution in [0.5, 0.6) is 0 Å². The van der Waals surface area contributed by atoms with Crippen molar-refractivity contribution in [1.82, 2.24) is 9.88 Å². The maximum atomic E-state index is 12.6. The molecular formula is C21H24N2O3S. The van der Waals surface area contributed by atoms with Crippen molar-refractivity contribution in [2.24, 2.45) is 5.92 Å². The van der Waals surface area contributed by atoms with Gasteiger partial charge in [0.1, 0.15) is 0 Å². The van der Waals surface area contributed by atoms with Crippen LogP contribution in [0.25, 0.3) is 10.2 Å². The van der Waals surface area contributed by atoms with Crippen molar-refractivity contribution in [2.75, 3.05) is 19.7 Å². The Morgan fingerprint density at radius 2 is 2.11 bits per heavy atom. The van der Waals surface area contributed by atoms with Crippen molar-refractivity contribution >= 4 is 33.4 Å². The number of ether oxygens (including phenoxy) is 1. The summed E-state index contributed by atoms with van der Waals surface area (Å²) in [4.78, 5) is 31.3. The van der Waals surface area contributed by atoms with Gasteiger partial charge in [-0.1, -0.05) is 24.3 Å². The van der Waals surface area contributed by atoms with Crippen LogP contribution < -0.4 is 0 Å².